The largest absolute Gasteiger partial charge is 0.507 e. The molecule has 1 heterocycles. The van der Waals surface area contributed by atoms with Crippen molar-refractivity contribution in [2.24, 2.45) is 0 Å². The van der Waals surface area contributed by atoms with Crippen LogP contribution in [-0.2, 0) is 6.54 Å². The van der Waals surface area contributed by atoms with Gasteiger partial charge >= 0.3 is 0 Å². The summed E-state index contributed by atoms with van der Waals surface area (Å²) in [5, 5.41) is 19.4. The van der Waals surface area contributed by atoms with Crippen LogP contribution in [0.5, 0.6) is 5.75 Å². The van der Waals surface area contributed by atoms with Crippen LogP contribution in [-0.4, -0.2) is 22.2 Å². The lowest BCUT2D eigenvalue weighted by molar-refractivity contribution is 0.195. The van der Waals surface area contributed by atoms with Gasteiger partial charge in [0.25, 0.3) is 0 Å². The van der Waals surface area contributed by atoms with Gasteiger partial charge in [0, 0.05) is 30.6 Å². The number of benzene rings is 1. The second-order valence-electron chi connectivity index (χ2n) is 4.60. The lowest BCUT2D eigenvalue weighted by Gasteiger charge is -2.20. The Morgan fingerprint density at radius 2 is 2.05 bits per heavy atom. The normalized spacial score (nSPS) is 12.2. The second-order valence-corrected chi connectivity index (χ2v) is 4.60. The predicted molar refractivity (Wildman–Crippen MR) is 75.1 cm³/mol. The average Bonchev–Trinajstić information content (AvgIpc) is 2.39. The Morgan fingerprint density at radius 1 is 1.26 bits per heavy atom. The summed E-state index contributed by atoms with van der Waals surface area (Å²) in [4.78, 5) is 6.26. The fourth-order valence-corrected chi connectivity index (χ4v) is 1.95. The van der Waals surface area contributed by atoms with Gasteiger partial charge in [0.05, 0.1) is 18.3 Å². The van der Waals surface area contributed by atoms with E-state index in [1.807, 2.05) is 36.2 Å². The molecule has 2 rings (SSSR count). The third-order valence-electron chi connectivity index (χ3n) is 3.03. The van der Waals surface area contributed by atoms with Gasteiger partial charge in [-0.05, 0) is 25.1 Å². The summed E-state index contributed by atoms with van der Waals surface area (Å²) >= 11 is 0. The van der Waals surface area contributed by atoms with Gasteiger partial charge in [-0.1, -0.05) is 12.1 Å². The van der Waals surface area contributed by atoms with Crippen LogP contribution in [0.4, 0.5) is 5.69 Å². The summed E-state index contributed by atoms with van der Waals surface area (Å²) in [6.45, 7) is 2.29. The Morgan fingerprint density at radius 3 is 2.63 bits per heavy atom. The van der Waals surface area contributed by atoms with Gasteiger partial charge < -0.3 is 15.1 Å². The van der Waals surface area contributed by atoms with Crippen molar-refractivity contribution in [3.8, 4) is 5.75 Å². The summed E-state index contributed by atoms with van der Waals surface area (Å²) in [5.41, 5.74) is 2.38. The molecule has 19 heavy (non-hydrogen) atoms. The number of pyridine rings is 1. The third kappa shape index (κ3) is 3.23. The van der Waals surface area contributed by atoms with Crippen LogP contribution in [0.1, 0.15) is 24.3 Å². The van der Waals surface area contributed by atoms with Crippen LogP contribution < -0.4 is 4.90 Å². The zero-order valence-corrected chi connectivity index (χ0v) is 11.1. The summed E-state index contributed by atoms with van der Waals surface area (Å²) < 4.78 is 0. The van der Waals surface area contributed by atoms with Crippen LogP contribution in [0.15, 0.2) is 42.6 Å². The van der Waals surface area contributed by atoms with Crippen LogP contribution in [0.2, 0.25) is 0 Å². The molecule has 0 aliphatic rings. The minimum atomic E-state index is -0.671. The van der Waals surface area contributed by atoms with Crippen molar-refractivity contribution >= 4 is 5.69 Å². The van der Waals surface area contributed by atoms with E-state index in [-0.39, 0.29) is 5.75 Å². The standard InChI is InChI=1S/C15H18N2O2/c1-11(18)14-7-6-13(9-15(14)19)17(2)10-12-5-3-4-8-16-12/h3-9,11,18-19H,10H2,1-2H3. The van der Waals surface area contributed by atoms with E-state index in [1.54, 1.807) is 25.3 Å². The van der Waals surface area contributed by atoms with E-state index in [4.69, 9.17) is 0 Å². The van der Waals surface area contributed by atoms with E-state index in [0.29, 0.717) is 12.1 Å². The number of aromatic nitrogens is 1. The minimum absolute atomic E-state index is 0.111. The van der Waals surface area contributed by atoms with Gasteiger partial charge in [0.15, 0.2) is 0 Å². The van der Waals surface area contributed by atoms with Gasteiger partial charge in [-0.15, -0.1) is 0 Å². The molecule has 100 valence electrons. The zero-order valence-electron chi connectivity index (χ0n) is 11.1. The summed E-state index contributed by atoms with van der Waals surface area (Å²) in [5.74, 6) is 0.111. The SMILES string of the molecule is CC(O)c1ccc(N(C)Cc2ccccn2)cc1O. The van der Waals surface area contributed by atoms with Gasteiger partial charge in [-0.25, -0.2) is 0 Å². The van der Waals surface area contributed by atoms with Crippen molar-refractivity contribution in [1.82, 2.24) is 4.98 Å². The van der Waals surface area contributed by atoms with Gasteiger partial charge in [0.1, 0.15) is 5.75 Å². The third-order valence-corrected chi connectivity index (χ3v) is 3.03. The Labute approximate surface area is 113 Å². The highest BCUT2D eigenvalue weighted by molar-refractivity contribution is 5.53. The maximum atomic E-state index is 9.87. The molecule has 2 N–H and O–H groups in total. The molecule has 0 saturated carbocycles. The number of hydrogen-bond donors (Lipinski definition) is 2. The van der Waals surface area contributed by atoms with Crippen molar-refractivity contribution in [3.63, 3.8) is 0 Å². The average molecular weight is 258 g/mol. The highest BCUT2D eigenvalue weighted by Crippen LogP contribution is 2.28. The maximum Gasteiger partial charge on any atom is 0.123 e. The number of phenolic OH excluding ortho intramolecular Hbond substituents is 1. The van der Waals surface area contributed by atoms with Gasteiger partial charge in [0.2, 0.25) is 0 Å². The molecule has 0 spiro atoms. The van der Waals surface area contributed by atoms with E-state index < -0.39 is 6.10 Å². The summed E-state index contributed by atoms with van der Waals surface area (Å²) in [7, 11) is 1.94. The molecule has 1 aromatic carbocycles. The van der Waals surface area contributed by atoms with Crippen molar-refractivity contribution in [2.75, 3.05) is 11.9 Å². The molecule has 1 atom stereocenters. The van der Waals surface area contributed by atoms with E-state index in [0.717, 1.165) is 11.4 Å². The lowest BCUT2D eigenvalue weighted by Crippen LogP contribution is -2.17. The number of hydrogen-bond acceptors (Lipinski definition) is 4. The summed E-state index contributed by atoms with van der Waals surface area (Å²) in [6.07, 6.45) is 1.09. The molecule has 4 heteroatoms. The monoisotopic (exact) mass is 258 g/mol. The molecular formula is C15H18N2O2. The Kier molecular flexibility index (Phi) is 4.02. The highest BCUT2D eigenvalue weighted by Gasteiger charge is 2.10. The molecule has 0 fully saturated rings. The minimum Gasteiger partial charge on any atom is -0.507 e. The van der Waals surface area contributed by atoms with Crippen LogP contribution in [0.3, 0.4) is 0 Å². The van der Waals surface area contributed by atoms with Crippen LogP contribution in [0.25, 0.3) is 0 Å². The van der Waals surface area contributed by atoms with E-state index >= 15 is 0 Å². The number of rotatable bonds is 4. The molecule has 2 aromatic rings. The first-order valence-electron chi connectivity index (χ1n) is 6.20. The van der Waals surface area contributed by atoms with Crippen molar-refractivity contribution in [1.29, 1.82) is 0 Å². The maximum absolute atomic E-state index is 9.87. The van der Waals surface area contributed by atoms with Crippen molar-refractivity contribution in [2.45, 2.75) is 19.6 Å². The molecule has 0 aliphatic carbocycles. The first-order chi connectivity index (χ1) is 9.08. The lowest BCUT2D eigenvalue weighted by atomic mass is 10.1. The first kappa shape index (κ1) is 13.4. The molecule has 0 amide bonds. The quantitative estimate of drug-likeness (QED) is 0.884. The number of aliphatic hydroxyl groups is 1. The number of phenols is 1. The number of anilines is 1. The Balaban J connectivity index is 2.16. The number of nitrogens with zero attached hydrogens (tertiary/aromatic N) is 2. The van der Waals surface area contributed by atoms with Crippen molar-refractivity contribution in [3.05, 3.63) is 53.9 Å². The summed E-state index contributed by atoms with van der Waals surface area (Å²) in [6, 6.07) is 11.1. The molecule has 1 aromatic heterocycles. The Bertz CT molecular complexity index is 541. The fourth-order valence-electron chi connectivity index (χ4n) is 1.95. The highest BCUT2D eigenvalue weighted by atomic mass is 16.3. The van der Waals surface area contributed by atoms with Crippen LogP contribution >= 0.6 is 0 Å². The second kappa shape index (κ2) is 5.71. The smallest absolute Gasteiger partial charge is 0.123 e. The number of aliphatic hydroxyl groups excluding tert-OH is 1. The van der Waals surface area contributed by atoms with E-state index in [1.165, 1.54) is 0 Å². The molecule has 0 radical (unpaired) electrons. The molecule has 1 unspecified atom stereocenters. The van der Waals surface area contributed by atoms with Crippen LogP contribution in [0, 0.1) is 0 Å². The fraction of sp³-hybridized carbons (Fsp3) is 0.267. The zero-order chi connectivity index (χ0) is 13.8. The predicted octanol–water partition coefficient (Wildman–Crippen LogP) is 2.48. The van der Waals surface area contributed by atoms with Gasteiger partial charge in [-0.3, -0.25) is 4.98 Å². The van der Waals surface area contributed by atoms with E-state index in [2.05, 4.69) is 4.98 Å². The van der Waals surface area contributed by atoms with Crippen molar-refractivity contribution < 1.29 is 10.2 Å². The van der Waals surface area contributed by atoms with E-state index in [9.17, 15) is 10.2 Å². The molecule has 0 bridgehead atoms. The van der Waals surface area contributed by atoms with Gasteiger partial charge in [-0.2, -0.15) is 0 Å². The molecule has 4 nitrogen and oxygen atoms in total. The molecule has 0 saturated heterocycles. The first-order valence-corrected chi connectivity index (χ1v) is 6.20. The molecule has 0 aliphatic heterocycles. The molecular weight excluding hydrogens is 240 g/mol. The number of aromatic hydroxyl groups is 1. The topological polar surface area (TPSA) is 56.6 Å². The Hall–Kier alpha value is -2.07.